The summed E-state index contributed by atoms with van der Waals surface area (Å²) in [5.74, 6) is 0. The monoisotopic (exact) mass is 276 g/mol. The molecule has 1 aliphatic heterocycles. The summed E-state index contributed by atoms with van der Waals surface area (Å²) in [4.78, 5) is 16.3. The van der Waals surface area contributed by atoms with Gasteiger partial charge < -0.3 is 20.9 Å². The lowest BCUT2D eigenvalue weighted by Crippen LogP contribution is -2.37. The average Bonchev–Trinajstić information content (AvgIpc) is 2.64. The van der Waals surface area contributed by atoms with Crippen LogP contribution in [0.3, 0.4) is 0 Å². The molecule has 0 spiro atoms. The first kappa shape index (κ1) is 14.8. The van der Waals surface area contributed by atoms with Gasteiger partial charge in [0.2, 0.25) is 0 Å². The van der Waals surface area contributed by atoms with Crippen molar-refractivity contribution in [1.82, 2.24) is 9.80 Å². The second kappa shape index (κ2) is 6.72. The Hall–Kier alpha value is -1.59. The molecular formula is C15H24N4O. The number of likely N-dealkylation sites (N-methyl/N-ethyl adjacent to an activating group) is 1. The fourth-order valence-electron chi connectivity index (χ4n) is 2.32. The van der Waals surface area contributed by atoms with Crippen LogP contribution in [0.15, 0.2) is 24.3 Å². The molecule has 0 aromatic heterocycles. The van der Waals surface area contributed by atoms with Crippen molar-refractivity contribution >= 4 is 11.7 Å². The number of carbonyl (C=O) groups is 1. The highest BCUT2D eigenvalue weighted by molar-refractivity contribution is 5.89. The van der Waals surface area contributed by atoms with Crippen LogP contribution in [0.2, 0.25) is 0 Å². The van der Waals surface area contributed by atoms with Gasteiger partial charge in [-0.2, -0.15) is 0 Å². The number of nitrogens with zero attached hydrogens (tertiary/aromatic N) is 2. The van der Waals surface area contributed by atoms with Gasteiger partial charge in [0, 0.05) is 31.4 Å². The topological polar surface area (TPSA) is 61.6 Å². The molecule has 1 heterocycles. The van der Waals surface area contributed by atoms with Crippen LogP contribution in [-0.2, 0) is 0 Å². The van der Waals surface area contributed by atoms with E-state index >= 15 is 0 Å². The van der Waals surface area contributed by atoms with Crippen LogP contribution < -0.4 is 11.1 Å². The van der Waals surface area contributed by atoms with Gasteiger partial charge in [-0.1, -0.05) is 12.1 Å². The molecule has 3 N–H and O–H groups in total. The lowest BCUT2D eigenvalue weighted by atomic mass is 10.1. The molecule has 1 aromatic carbocycles. The van der Waals surface area contributed by atoms with Gasteiger partial charge in [0.1, 0.15) is 0 Å². The van der Waals surface area contributed by atoms with Crippen LogP contribution in [0.1, 0.15) is 24.9 Å². The van der Waals surface area contributed by atoms with Crippen LogP contribution in [0.5, 0.6) is 0 Å². The third kappa shape index (κ3) is 3.95. The van der Waals surface area contributed by atoms with E-state index < -0.39 is 0 Å². The maximum Gasteiger partial charge on any atom is 0.321 e. The summed E-state index contributed by atoms with van der Waals surface area (Å²) in [6.07, 6.45) is 1.02. The van der Waals surface area contributed by atoms with E-state index in [0.717, 1.165) is 43.9 Å². The summed E-state index contributed by atoms with van der Waals surface area (Å²) in [7, 11) is 2.09. The van der Waals surface area contributed by atoms with Gasteiger partial charge in [0.25, 0.3) is 0 Å². The van der Waals surface area contributed by atoms with Crippen molar-refractivity contribution in [2.24, 2.45) is 5.73 Å². The summed E-state index contributed by atoms with van der Waals surface area (Å²) in [6.45, 7) is 5.51. The summed E-state index contributed by atoms with van der Waals surface area (Å²) in [6, 6.07) is 7.71. The van der Waals surface area contributed by atoms with Crippen LogP contribution in [0.4, 0.5) is 10.5 Å². The van der Waals surface area contributed by atoms with Crippen molar-refractivity contribution in [3.05, 3.63) is 29.8 Å². The Kier molecular flexibility index (Phi) is 4.98. The van der Waals surface area contributed by atoms with E-state index in [-0.39, 0.29) is 12.1 Å². The average molecular weight is 276 g/mol. The Morgan fingerprint density at radius 1 is 1.20 bits per heavy atom. The number of hydrogen-bond acceptors (Lipinski definition) is 3. The molecular weight excluding hydrogens is 252 g/mol. The van der Waals surface area contributed by atoms with Crippen LogP contribution >= 0.6 is 0 Å². The molecule has 0 bridgehead atoms. The lowest BCUT2D eigenvalue weighted by Gasteiger charge is -2.21. The van der Waals surface area contributed by atoms with E-state index in [1.807, 2.05) is 36.1 Å². The van der Waals surface area contributed by atoms with Gasteiger partial charge in [0.15, 0.2) is 0 Å². The number of benzene rings is 1. The predicted octanol–water partition coefficient (Wildman–Crippen LogP) is 1.88. The minimum Gasteiger partial charge on any atom is -0.324 e. The lowest BCUT2D eigenvalue weighted by molar-refractivity contribution is 0.213. The van der Waals surface area contributed by atoms with Crippen molar-refractivity contribution in [2.75, 3.05) is 38.5 Å². The second-order valence-corrected chi connectivity index (χ2v) is 5.48. The first-order valence-corrected chi connectivity index (χ1v) is 7.16. The van der Waals surface area contributed by atoms with Gasteiger partial charge in [-0.15, -0.1) is 0 Å². The molecule has 5 heteroatoms. The Labute approximate surface area is 120 Å². The molecule has 1 unspecified atom stereocenters. The highest BCUT2D eigenvalue weighted by Crippen LogP contribution is 2.15. The largest absolute Gasteiger partial charge is 0.324 e. The van der Waals surface area contributed by atoms with E-state index in [2.05, 4.69) is 17.3 Å². The van der Waals surface area contributed by atoms with Gasteiger partial charge in [-0.25, -0.2) is 4.79 Å². The maximum absolute atomic E-state index is 12.2. The molecule has 0 saturated carbocycles. The molecule has 20 heavy (non-hydrogen) atoms. The number of urea groups is 1. The number of hydrogen-bond donors (Lipinski definition) is 2. The van der Waals surface area contributed by atoms with E-state index in [4.69, 9.17) is 5.73 Å². The number of amides is 2. The SMILES string of the molecule is CC(N)c1ccc(NC(=O)N2CCCN(C)CC2)cc1. The summed E-state index contributed by atoms with van der Waals surface area (Å²) in [5.41, 5.74) is 7.70. The van der Waals surface area contributed by atoms with Crippen molar-refractivity contribution in [3.63, 3.8) is 0 Å². The number of nitrogens with one attached hydrogen (secondary N) is 1. The molecule has 2 rings (SSSR count). The minimum atomic E-state index is -0.0196. The van der Waals surface area contributed by atoms with E-state index in [0.29, 0.717) is 0 Å². The van der Waals surface area contributed by atoms with Crippen LogP contribution in [-0.4, -0.2) is 49.1 Å². The van der Waals surface area contributed by atoms with Crippen molar-refractivity contribution in [1.29, 1.82) is 0 Å². The fourth-order valence-corrected chi connectivity index (χ4v) is 2.32. The first-order valence-electron chi connectivity index (χ1n) is 7.16. The summed E-state index contributed by atoms with van der Waals surface area (Å²) < 4.78 is 0. The molecule has 1 fully saturated rings. The van der Waals surface area contributed by atoms with Crippen molar-refractivity contribution in [2.45, 2.75) is 19.4 Å². The third-order valence-corrected chi connectivity index (χ3v) is 3.69. The summed E-state index contributed by atoms with van der Waals surface area (Å²) in [5, 5.41) is 2.95. The molecule has 1 aromatic rings. The maximum atomic E-state index is 12.2. The Balaban J connectivity index is 1.93. The minimum absolute atomic E-state index is 0.0147. The molecule has 1 saturated heterocycles. The van der Waals surface area contributed by atoms with Gasteiger partial charge in [-0.3, -0.25) is 0 Å². The van der Waals surface area contributed by atoms with E-state index in [9.17, 15) is 4.79 Å². The van der Waals surface area contributed by atoms with Gasteiger partial charge >= 0.3 is 6.03 Å². The smallest absolute Gasteiger partial charge is 0.321 e. The number of carbonyl (C=O) groups excluding carboxylic acids is 1. The molecule has 110 valence electrons. The molecule has 5 nitrogen and oxygen atoms in total. The van der Waals surface area contributed by atoms with E-state index in [1.54, 1.807) is 0 Å². The van der Waals surface area contributed by atoms with Crippen LogP contribution in [0, 0.1) is 0 Å². The Morgan fingerprint density at radius 3 is 2.55 bits per heavy atom. The summed E-state index contributed by atoms with van der Waals surface area (Å²) >= 11 is 0. The molecule has 1 aliphatic rings. The first-order chi connectivity index (χ1) is 9.56. The fraction of sp³-hybridized carbons (Fsp3) is 0.533. The highest BCUT2D eigenvalue weighted by atomic mass is 16.2. The predicted molar refractivity (Wildman–Crippen MR) is 81.8 cm³/mol. The highest BCUT2D eigenvalue weighted by Gasteiger charge is 2.17. The Bertz CT molecular complexity index is 444. The van der Waals surface area contributed by atoms with Gasteiger partial charge in [0.05, 0.1) is 0 Å². The van der Waals surface area contributed by atoms with Crippen molar-refractivity contribution < 1.29 is 4.79 Å². The molecule has 2 amide bonds. The van der Waals surface area contributed by atoms with E-state index in [1.165, 1.54) is 0 Å². The molecule has 0 radical (unpaired) electrons. The normalized spacial score (nSPS) is 18.4. The quantitative estimate of drug-likeness (QED) is 0.867. The third-order valence-electron chi connectivity index (χ3n) is 3.69. The van der Waals surface area contributed by atoms with Crippen molar-refractivity contribution in [3.8, 4) is 0 Å². The zero-order valence-corrected chi connectivity index (χ0v) is 12.3. The second-order valence-electron chi connectivity index (χ2n) is 5.48. The zero-order chi connectivity index (χ0) is 14.5. The standard InChI is InChI=1S/C15H24N4O/c1-12(16)13-4-6-14(7-5-13)17-15(20)19-9-3-8-18(2)10-11-19/h4-7,12H,3,8-11,16H2,1-2H3,(H,17,20). The number of anilines is 1. The number of nitrogens with two attached hydrogens (primary N) is 1. The number of rotatable bonds is 2. The molecule has 1 atom stereocenters. The van der Waals surface area contributed by atoms with Gasteiger partial charge in [-0.05, 0) is 44.6 Å². The zero-order valence-electron chi connectivity index (χ0n) is 12.3. The molecule has 0 aliphatic carbocycles. The Morgan fingerprint density at radius 2 is 1.90 bits per heavy atom. The van der Waals surface area contributed by atoms with Crippen LogP contribution in [0.25, 0.3) is 0 Å².